The predicted molar refractivity (Wildman–Crippen MR) is 112 cm³/mol. The normalized spacial score (nSPS) is 15.3. The van der Waals surface area contributed by atoms with E-state index in [0.717, 1.165) is 22.5 Å². The number of halogens is 1. The van der Waals surface area contributed by atoms with Gasteiger partial charge in [0.1, 0.15) is 5.82 Å². The van der Waals surface area contributed by atoms with Crippen LogP contribution in [0.3, 0.4) is 0 Å². The summed E-state index contributed by atoms with van der Waals surface area (Å²) in [5, 5.41) is 13.6. The van der Waals surface area contributed by atoms with E-state index in [4.69, 9.17) is 0 Å². The standard InChI is InChI=1S/C19H17FN4O4S2/c20-15-6-4-14(5-7-15)18-13-29-19(21-18)22-8-10-23(11-9-22)30(27,28)17-3-1-2-16(12-17)24(25)26/h1-7,12-13H,8-11H2. The number of piperazine rings is 1. The molecule has 156 valence electrons. The Morgan fingerprint density at radius 3 is 2.43 bits per heavy atom. The number of benzene rings is 2. The number of anilines is 1. The minimum atomic E-state index is -3.82. The van der Waals surface area contributed by atoms with Crippen LogP contribution in [-0.4, -0.2) is 48.8 Å². The van der Waals surface area contributed by atoms with Gasteiger partial charge in [-0.05, 0) is 30.3 Å². The van der Waals surface area contributed by atoms with Gasteiger partial charge in [-0.25, -0.2) is 17.8 Å². The summed E-state index contributed by atoms with van der Waals surface area (Å²) >= 11 is 1.44. The summed E-state index contributed by atoms with van der Waals surface area (Å²) in [6, 6.07) is 11.2. The fraction of sp³-hybridized carbons (Fsp3) is 0.211. The maximum atomic E-state index is 13.1. The second kappa shape index (κ2) is 8.09. The largest absolute Gasteiger partial charge is 0.345 e. The molecule has 1 aromatic heterocycles. The first-order valence-corrected chi connectivity index (χ1v) is 11.4. The van der Waals surface area contributed by atoms with Gasteiger partial charge in [0.25, 0.3) is 5.69 Å². The van der Waals surface area contributed by atoms with E-state index < -0.39 is 14.9 Å². The molecule has 0 saturated carbocycles. The third-order valence-electron chi connectivity index (χ3n) is 4.81. The molecule has 3 aromatic rings. The van der Waals surface area contributed by atoms with Crippen molar-refractivity contribution in [2.45, 2.75) is 4.90 Å². The van der Waals surface area contributed by atoms with Crippen LogP contribution in [0.15, 0.2) is 58.8 Å². The van der Waals surface area contributed by atoms with Crippen molar-refractivity contribution in [1.29, 1.82) is 0 Å². The number of non-ortho nitro benzene ring substituents is 1. The number of thiazole rings is 1. The first-order valence-electron chi connectivity index (χ1n) is 9.05. The van der Waals surface area contributed by atoms with Crippen LogP contribution in [0.25, 0.3) is 11.3 Å². The molecule has 1 fully saturated rings. The van der Waals surface area contributed by atoms with Gasteiger partial charge in [0.2, 0.25) is 10.0 Å². The predicted octanol–water partition coefficient (Wildman–Crippen LogP) is 3.37. The Balaban J connectivity index is 1.46. The average molecular weight is 449 g/mol. The zero-order valence-corrected chi connectivity index (χ0v) is 17.3. The molecule has 1 saturated heterocycles. The Morgan fingerprint density at radius 1 is 1.07 bits per heavy atom. The second-order valence-electron chi connectivity index (χ2n) is 6.67. The summed E-state index contributed by atoms with van der Waals surface area (Å²) in [5.74, 6) is -0.310. The maximum Gasteiger partial charge on any atom is 0.270 e. The minimum absolute atomic E-state index is 0.0852. The molecule has 30 heavy (non-hydrogen) atoms. The minimum Gasteiger partial charge on any atom is -0.345 e. The SMILES string of the molecule is O=[N+]([O-])c1cccc(S(=O)(=O)N2CCN(c3nc(-c4ccc(F)cc4)cs3)CC2)c1. The Hall–Kier alpha value is -2.89. The zero-order valence-electron chi connectivity index (χ0n) is 15.6. The van der Waals surface area contributed by atoms with E-state index in [-0.39, 0.29) is 29.5 Å². The van der Waals surface area contributed by atoms with Crippen LogP contribution >= 0.6 is 11.3 Å². The van der Waals surface area contributed by atoms with E-state index in [9.17, 15) is 22.9 Å². The number of hydrogen-bond acceptors (Lipinski definition) is 7. The number of sulfonamides is 1. The summed E-state index contributed by atoms with van der Waals surface area (Å²) in [6.07, 6.45) is 0. The van der Waals surface area contributed by atoms with E-state index in [1.54, 1.807) is 12.1 Å². The molecular weight excluding hydrogens is 431 g/mol. The molecule has 0 amide bonds. The molecule has 2 aromatic carbocycles. The third-order valence-corrected chi connectivity index (χ3v) is 7.60. The van der Waals surface area contributed by atoms with Crippen LogP contribution in [0.1, 0.15) is 0 Å². The number of nitro groups is 1. The summed E-state index contributed by atoms with van der Waals surface area (Å²) < 4.78 is 40.2. The molecule has 0 radical (unpaired) electrons. The Bertz CT molecular complexity index is 1170. The smallest absolute Gasteiger partial charge is 0.270 e. The lowest BCUT2D eigenvalue weighted by Gasteiger charge is -2.33. The van der Waals surface area contributed by atoms with Gasteiger partial charge in [-0.3, -0.25) is 10.1 Å². The lowest BCUT2D eigenvalue weighted by Crippen LogP contribution is -2.48. The van der Waals surface area contributed by atoms with Crippen molar-refractivity contribution >= 4 is 32.2 Å². The summed E-state index contributed by atoms with van der Waals surface area (Å²) in [7, 11) is -3.82. The summed E-state index contributed by atoms with van der Waals surface area (Å²) in [5.41, 5.74) is 1.29. The maximum absolute atomic E-state index is 13.1. The number of nitrogens with zero attached hydrogens (tertiary/aromatic N) is 4. The molecule has 0 spiro atoms. The van der Waals surface area contributed by atoms with E-state index >= 15 is 0 Å². The van der Waals surface area contributed by atoms with E-state index in [1.165, 1.54) is 46.0 Å². The molecule has 4 rings (SSSR count). The van der Waals surface area contributed by atoms with Crippen molar-refractivity contribution < 1.29 is 17.7 Å². The molecule has 8 nitrogen and oxygen atoms in total. The van der Waals surface area contributed by atoms with Crippen molar-refractivity contribution in [3.05, 3.63) is 69.8 Å². The first kappa shape index (κ1) is 20.4. The molecular formula is C19H17FN4O4S2. The number of hydrogen-bond donors (Lipinski definition) is 0. The molecule has 0 atom stereocenters. The molecule has 0 bridgehead atoms. The number of aromatic nitrogens is 1. The Morgan fingerprint density at radius 2 is 1.77 bits per heavy atom. The van der Waals surface area contributed by atoms with Crippen LogP contribution in [0.4, 0.5) is 15.2 Å². The van der Waals surface area contributed by atoms with Crippen molar-refractivity contribution in [2.75, 3.05) is 31.1 Å². The Labute approximate surface area is 176 Å². The van der Waals surface area contributed by atoms with Crippen molar-refractivity contribution in [3.63, 3.8) is 0 Å². The molecule has 1 aliphatic heterocycles. The molecule has 0 aliphatic carbocycles. The van der Waals surface area contributed by atoms with Gasteiger partial charge in [-0.15, -0.1) is 11.3 Å². The van der Waals surface area contributed by atoms with Crippen LogP contribution in [0.2, 0.25) is 0 Å². The van der Waals surface area contributed by atoms with Crippen LogP contribution in [-0.2, 0) is 10.0 Å². The molecule has 0 N–H and O–H groups in total. The van der Waals surface area contributed by atoms with Crippen LogP contribution in [0.5, 0.6) is 0 Å². The van der Waals surface area contributed by atoms with Gasteiger partial charge in [-0.2, -0.15) is 4.31 Å². The molecule has 0 unspecified atom stereocenters. The highest BCUT2D eigenvalue weighted by molar-refractivity contribution is 7.89. The van der Waals surface area contributed by atoms with Crippen LogP contribution < -0.4 is 4.90 Å². The molecule has 2 heterocycles. The highest BCUT2D eigenvalue weighted by Crippen LogP contribution is 2.29. The topological polar surface area (TPSA) is 96.6 Å². The Kier molecular flexibility index (Phi) is 5.50. The van der Waals surface area contributed by atoms with Gasteiger partial charge in [0.15, 0.2) is 5.13 Å². The summed E-state index contributed by atoms with van der Waals surface area (Å²) in [4.78, 5) is 16.8. The van der Waals surface area contributed by atoms with Crippen molar-refractivity contribution in [1.82, 2.24) is 9.29 Å². The highest BCUT2D eigenvalue weighted by Gasteiger charge is 2.30. The average Bonchev–Trinajstić information content (AvgIpc) is 3.25. The molecule has 1 aliphatic rings. The number of nitro benzene ring substituents is 1. The van der Waals surface area contributed by atoms with Crippen molar-refractivity contribution in [3.8, 4) is 11.3 Å². The number of rotatable bonds is 5. The summed E-state index contributed by atoms with van der Waals surface area (Å²) in [6.45, 7) is 1.39. The second-order valence-corrected chi connectivity index (χ2v) is 9.44. The molecule has 11 heteroatoms. The quantitative estimate of drug-likeness (QED) is 0.439. The van der Waals surface area contributed by atoms with Gasteiger partial charge >= 0.3 is 0 Å². The van der Waals surface area contributed by atoms with E-state index in [2.05, 4.69) is 4.98 Å². The fourth-order valence-corrected chi connectivity index (χ4v) is 5.54. The van der Waals surface area contributed by atoms with Crippen molar-refractivity contribution in [2.24, 2.45) is 0 Å². The fourth-order valence-electron chi connectivity index (χ4n) is 3.19. The third kappa shape index (κ3) is 4.04. The zero-order chi connectivity index (χ0) is 21.3. The van der Waals surface area contributed by atoms with Crippen LogP contribution in [0, 0.1) is 15.9 Å². The van der Waals surface area contributed by atoms with E-state index in [1.807, 2.05) is 10.3 Å². The van der Waals surface area contributed by atoms with Gasteiger partial charge in [0.05, 0.1) is 15.5 Å². The monoisotopic (exact) mass is 448 g/mol. The van der Waals surface area contributed by atoms with Gasteiger partial charge < -0.3 is 4.90 Å². The van der Waals surface area contributed by atoms with E-state index in [0.29, 0.717) is 13.1 Å². The lowest BCUT2D eigenvalue weighted by molar-refractivity contribution is -0.385. The van der Waals surface area contributed by atoms with Gasteiger partial charge in [0, 0.05) is 49.3 Å². The highest BCUT2D eigenvalue weighted by atomic mass is 32.2. The first-order chi connectivity index (χ1) is 14.3. The van der Waals surface area contributed by atoms with Gasteiger partial charge in [-0.1, -0.05) is 6.07 Å². The lowest BCUT2D eigenvalue weighted by atomic mass is 10.2.